The molecule has 5 N–H and O–H groups in total. The van der Waals surface area contributed by atoms with Crippen LogP contribution in [-0.4, -0.2) is 54.5 Å². The van der Waals surface area contributed by atoms with E-state index in [4.69, 9.17) is 22.1 Å². The molecule has 0 aliphatic rings. The van der Waals surface area contributed by atoms with Crippen molar-refractivity contribution >= 4 is 47.9 Å². The summed E-state index contributed by atoms with van der Waals surface area (Å²) in [6.07, 6.45) is 1.88. The van der Waals surface area contributed by atoms with Crippen molar-refractivity contribution in [3.8, 4) is 0 Å². The molecule has 2 heterocycles. The number of imidazole rings is 1. The number of benzene rings is 1. The van der Waals surface area contributed by atoms with Gasteiger partial charge in [-0.3, -0.25) is 19.2 Å². The third kappa shape index (κ3) is 6.09. The number of ether oxygens (including phenoxy) is 1. The van der Waals surface area contributed by atoms with Crippen LogP contribution in [-0.2, 0) is 20.6 Å². The number of nitrogens with one attached hydrogen (secondary N) is 2. The van der Waals surface area contributed by atoms with Crippen molar-refractivity contribution in [3.63, 3.8) is 0 Å². The van der Waals surface area contributed by atoms with Gasteiger partial charge in [0.15, 0.2) is 11.5 Å². The first-order chi connectivity index (χ1) is 15.9. The molecule has 182 valence electrons. The first kappa shape index (κ1) is 25.6. The number of carboxylic acid groups (broad SMARTS) is 1. The van der Waals surface area contributed by atoms with E-state index in [1.807, 2.05) is 0 Å². The normalized spacial score (nSPS) is 14.5. The fourth-order valence-electron chi connectivity index (χ4n) is 3.02. The summed E-state index contributed by atoms with van der Waals surface area (Å²) in [5.41, 5.74) is 5.35. The van der Waals surface area contributed by atoms with Crippen molar-refractivity contribution in [2.45, 2.75) is 39.0 Å². The Balaban J connectivity index is 1.75. The zero-order chi connectivity index (χ0) is 25.1. The number of halogens is 1. The molecule has 12 nitrogen and oxygen atoms in total. The Morgan fingerprint density at radius 2 is 1.94 bits per heavy atom. The molecule has 2 aromatic heterocycles. The summed E-state index contributed by atoms with van der Waals surface area (Å²) in [6, 6.07) is 5.96. The molecule has 0 unspecified atom stereocenters. The molecule has 34 heavy (non-hydrogen) atoms. The number of aromatic nitrogens is 4. The summed E-state index contributed by atoms with van der Waals surface area (Å²) in [5, 5.41) is 14.9. The average molecular weight is 510 g/mol. The van der Waals surface area contributed by atoms with E-state index in [1.165, 1.54) is 50.8 Å². The number of carboxylic acids is 1. The number of nitrogens with zero attached hydrogens (tertiary/aromatic N) is 4. The van der Waals surface area contributed by atoms with Gasteiger partial charge in [-0.15, -0.1) is 0 Å². The third-order valence-corrected chi connectivity index (χ3v) is 7.06. The molecule has 0 radical (unpaired) electrons. The number of carbonyl (C=O) groups is 2. The molecule has 0 bridgehead atoms. The van der Waals surface area contributed by atoms with Crippen LogP contribution in [0, 0.1) is 0 Å². The third-order valence-electron chi connectivity index (χ3n) is 4.81. The topological polar surface area (TPSA) is 174 Å². The minimum Gasteiger partial charge on any atom is -0.480 e. The van der Waals surface area contributed by atoms with Gasteiger partial charge in [-0.1, -0.05) is 11.6 Å². The minimum absolute atomic E-state index is 0.203. The molecular formula is C20H25ClN7O5P. The van der Waals surface area contributed by atoms with E-state index in [2.05, 4.69) is 25.1 Å². The van der Waals surface area contributed by atoms with E-state index < -0.39 is 37.3 Å². The summed E-state index contributed by atoms with van der Waals surface area (Å²) in [4.78, 5) is 36.6. The minimum atomic E-state index is -3.88. The maximum atomic E-state index is 13.6. The number of anilines is 1. The second-order valence-corrected chi connectivity index (χ2v) is 10.8. The molecule has 14 heteroatoms. The molecule has 0 saturated carbocycles. The largest absolute Gasteiger partial charge is 0.480 e. The van der Waals surface area contributed by atoms with Gasteiger partial charge in [-0.25, -0.2) is 20.0 Å². The van der Waals surface area contributed by atoms with E-state index in [0.717, 1.165) is 0 Å². The van der Waals surface area contributed by atoms with Gasteiger partial charge in [0, 0.05) is 10.6 Å². The van der Waals surface area contributed by atoms with E-state index in [9.17, 15) is 19.3 Å². The summed E-state index contributed by atoms with van der Waals surface area (Å²) in [6.45, 7) is 4.67. The first-order valence-corrected chi connectivity index (χ1v) is 12.4. The lowest BCUT2D eigenvalue weighted by atomic mass is 10.1. The molecule has 3 rings (SSSR count). The Morgan fingerprint density at radius 3 is 2.59 bits per heavy atom. The van der Waals surface area contributed by atoms with Crippen molar-refractivity contribution in [1.29, 1.82) is 0 Å². The molecule has 2 atom stereocenters. The van der Waals surface area contributed by atoms with Gasteiger partial charge in [-0.05, 0) is 45.0 Å². The highest BCUT2D eigenvalue weighted by molar-refractivity contribution is 7.60. The second kappa shape index (κ2) is 10.1. The number of amides is 1. The highest BCUT2D eigenvalue weighted by Gasteiger charge is 2.37. The van der Waals surface area contributed by atoms with Crippen LogP contribution in [0.2, 0.25) is 5.02 Å². The molecule has 3 aromatic rings. The molecule has 0 spiro atoms. The molecule has 1 aromatic carbocycles. The molecule has 0 aliphatic carbocycles. The van der Waals surface area contributed by atoms with E-state index in [-0.39, 0.29) is 17.9 Å². The maximum absolute atomic E-state index is 13.6. The fourth-order valence-corrected chi connectivity index (χ4v) is 5.25. The van der Waals surface area contributed by atoms with Gasteiger partial charge < -0.3 is 20.1 Å². The highest BCUT2D eigenvalue weighted by atomic mass is 35.5. The predicted molar refractivity (Wildman–Crippen MR) is 127 cm³/mol. The second-order valence-electron chi connectivity index (χ2n) is 8.16. The summed E-state index contributed by atoms with van der Waals surface area (Å²) >= 11 is 5.85. The molecular weight excluding hydrogens is 485 g/mol. The summed E-state index contributed by atoms with van der Waals surface area (Å²) < 4.78 is 21.1. The van der Waals surface area contributed by atoms with Gasteiger partial charge in [0.25, 0.3) is 13.4 Å². The zero-order valence-corrected chi connectivity index (χ0v) is 20.4. The van der Waals surface area contributed by atoms with Crippen molar-refractivity contribution in [2.24, 2.45) is 0 Å². The lowest BCUT2D eigenvalue weighted by molar-refractivity contribution is -0.142. The molecule has 0 saturated heterocycles. The zero-order valence-electron chi connectivity index (χ0n) is 18.7. The van der Waals surface area contributed by atoms with Crippen LogP contribution in [0.1, 0.15) is 31.1 Å². The lowest BCUT2D eigenvalue weighted by Crippen LogP contribution is -2.48. The smallest absolute Gasteiger partial charge is 0.323 e. The quantitative estimate of drug-likeness (QED) is 0.297. The van der Waals surface area contributed by atoms with Gasteiger partial charge in [0.2, 0.25) is 0 Å². The van der Waals surface area contributed by atoms with Gasteiger partial charge in [0.05, 0.1) is 19.0 Å². The van der Waals surface area contributed by atoms with Gasteiger partial charge in [-0.2, -0.15) is 0 Å². The SMILES string of the molecule is C[C@H](Cn1cnc2c(N)ncnc21)OC[P@@](=O)(NC(=O)c1ccc(Cl)cc1)NC(C)(C)C(=O)O. The van der Waals surface area contributed by atoms with Crippen LogP contribution < -0.4 is 15.9 Å². The van der Waals surface area contributed by atoms with E-state index in [1.54, 1.807) is 11.5 Å². The van der Waals surface area contributed by atoms with Crippen molar-refractivity contribution < 1.29 is 24.0 Å². The Hall–Kier alpha value is -3.05. The predicted octanol–water partition coefficient (Wildman–Crippen LogP) is 2.50. The Bertz CT molecular complexity index is 1250. The van der Waals surface area contributed by atoms with Crippen LogP contribution in [0.5, 0.6) is 0 Å². The monoisotopic (exact) mass is 509 g/mol. The maximum Gasteiger partial charge on any atom is 0.323 e. The van der Waals surface area contributed by atoms with Gasteiger partial charge >= 0.3 is 5.97 Å². The number of nitrogen functional groups attached to an aromatic ring is 1. The van der Waals surface area contributed by atoms with Crippen LogP contribution in [0.25, 0.3) is 11.2 Å². The molecule has 0 aliphatic heterocycles. The number of nitrogens with two attached hydrogens (primary N) is 1. The van der Waals surface area contributed by atoms with Crippen LogP contribution >= 0.6 is 19.0 Å². The van der Waals surface area contributed by atoms with Crippen LogP contribution in [0.4, 0.5) is 5.82 Å². The van der Waals surface area contributed by atoms with Crippen LogP contribution in [0.15, 0.2) is 36.9 Å². The molecule has 1 amide bonds. The fraction of sp³-hybridized carbons (Fsp3) is 0.350. The van der Waals surface area contributed by atoms with Crippen molar-refractivity contribution in [2.75, 3.05) is 12.1 Å². The molecule has 0 fully saturated rings. The van der Waals surface area contributed by atoms with E-state index >= 15 is 0 Å². The Labute approximate surface area is 200 Å². The highest BCUT2D eigenvalue weighted by Crippen LogP contribution is 2.40. The number of hydrogen-bond donors (Lipinski definition) is 4. The number of rotatable bonds is 10. The van der Waals surface area contributed by atoms with Crippen LogP contribution in [0.3, 0.4) is 0 Å². The summed E-state index contributed by atoms with van der Waals surface area (Å²) in [7, 11) is -3.88. The lowest BCUT2D eigenvalue weighted by Gasteiger charge is -2.29. The number of fused-ring (bicyclic) bond motifs is 1. The van der Waals surface area contributed by atoms with E-state index in [0.29, 0.717) is 16.2 Å². The number of hydrogen-bond acceptors (Lipinski definition) is 8. The van der Waals surface area contributed by atoms with Crippen molar-refractivity contribution in [1.82, 2.24) is 29.7 Å². The number of carbonyl (C=O) groups excluding carboxylic acids is 1. The van der Waals surface area contributed by atoms with Gasteiger partial charge in [0.1, 0.15) is 23.7 Å². The number of aliphatic carboxylic acids is 1. The Kier molecular flexibility index (Phi) is 7.57. The first-order valence-electron chi connectivity index (χ1n) is 10.1. The average Bonchev–Trinajstić information content (AvgIpc) is 3.16. The Morgan fingerprint density at radius 1 is 1.26 bits per heavy atom. The standard InChI is InChI=1S/C20H25ClN7O5P/c1-12(8-28-10-25-15-16(22)23-9-24-17(15)28)33-11-34(32,27-20(2,3)19(30)31)26-18(29)13-4-6-14(21)7-5-13/h4-7,9-10,12H,8,11H2,1-3H3,(H,30,31)(H2,22,23,24)(H2,26,27,29,32)/t12-,34-/m1/s1. The van der Waals surface area contributed by atoms with Crippen molar-refractivity contribution in [3.05, 3.63) is 47.5 Å². The summed E-state index contributed by atoms with van der Waals surface area (Å²) in [5.74, 6) is -1.67.